The third-order valence-corrected chi connectivity index (χ3v) is 5.74. The Hall–Kier alpha value is -2.02. The average Bonchev–Trinajstić information content (AvgIpc) is 2.74. The SMILES string of the molecule is CSc1ccc(NC(=O)NCCCN2CCN(Cc3ccccc3)CC2)cc1. The molecule has 28 heavy (non-hydrogen) atoms. The smallest absolute Gasteiger partial charge is 0.319 e. The van der Waals surface area contributed by atoms with Crippen LogP contribution in [0.25, 0.3) is 0 Å². The maximum Gasteiger partial charge on any atom is 0.319 e. The molecule has 1 saturated heterocycles. The summed E-state index contributed by atoms with van der Waals surface area (Å²) >= 11 is 1.69. The van der Waals surface area contributed by atoms with E-state index < -0.39 is 0 Å². The van der Waals surface area contributed by atoms with Crippen LogP contribution in [0.5, 0.6) is 0 Å². The molecule has 6 heteroatoms. The van der Waals surface area contributed by atoms with Crippen molar-refractivity contribution in [1.82, 2.24) is 15.1 Å². The van der Waals surface area contributed by atoms with Gasteiger partial charge in [0.15, 0.2) is 0 Å². The Labute approximate surface area is 172 Å². The highest BCUT2D eigenvalue weighted by Crippen LogP contribution is 2.17. The first-order valence-electron chi connectivity index (χ1n) is 9.90. The van der Waals surface area contributed by atoms with Crippen LogP contribution in [0, 0.1) is 0 Å². The van der Waals surface area contributed by atoms with Crippen LogP contribution in [0.15, 0.2) is 59.5 Å². The largest absolute Gasteiger partial charge is 0.338 e. The van der Waals surface area contributed by atoms with Gasteiger partial charge in [0.2, 0.25) is 0 Å². The maximum atomic E-state index is 12.0. The lowest BCUT2D eigenvalue weighted by molar-refractivity contribution is 0.126. The third kappa shape index (κ3) is 6.86. The third-order valence-electron chi connectivity index (χ3n) is 5.00. The molecule has 0 spiro atoms. The summed E-state index contributed by atoms with van der Waals surface area (Å²) in [6, 6.07) is 18.4. The van der Waals surface area contributed by atoms with Crippen molar-refractivity contribution in [3.8, 4) is 0 Å². The molecular formula is C22H30N4OS. The summed E-state index contributed by atoms with van der Waals surface area (Å²) in [7, 11) is 0. The zero-order valence-corrected chi connectivity index (χ0v) is 17.4. The van der Waals surface area contributed by atoms with Crippen LogP contribution in [0.1, 0.15) is 12.0 Å². The second-order valence-electron chi connectivity index (χ2n) is 7.07. The highest BCUT2D eigenvalue weighted by molar-refractivity contribution is 7.98. The standard InChI is InChI=1S/C22H30N4OS/c1-28-21-10-8-20(9-11-21)24-22(27)23-12-5-13-25-14-16-26(17-15-25)18-19-6-3-2-4-7-19/h2-4,6-11H,5,12-18H2,1H3,(H2,23,24,27). The van der Waals surface area contributed by atoms with Gasteiger partial charge in [-0.1, -0.05) is 30.3 Å². The lowest BCUT2D eigenvalue weighted by Gasteiger charge is -2.34. The predicted molar refractivity (Wildman–Crippen MR) is 118 cm³/mol. The van der Waals surface area contributed by atoms with Crippen molar-refractivity contribution < 1.29 is 4.79 Å². The van der Waals surface area contributed by atoms with Crippen LogP contribution in [0.4, 0.5) is 10.5 Å². The molecule has 1 aliphatic rings. The van der Waals surface area contributed by atoms with E-state index in [0.717, 1.165) is 51.4 Å². The molecule has 2 aromatic rings. The zero-order chi connectivity index (χ0) is 19.6. The molecule has 1 fully saturated rings. The number of thioether (sulfide) groups is 1. The van der Waals surface area contributed by atoms with E-state index in [9.17, 15) is 4.79 Å². The first kappa shape index (κ1) is 20.7. The molecule has 0 unspecified atom stereocenters. The lowest BCUT2D eigenvalue weighted by atomic mass is 10.2. The monoisotopic (exact) mass is 398 g/mol. The van der Waals surface area contributed by atoms with E-state index in [0.29, 0.717) is 6.54 Å². The van der Waals surface area contributed by atoms with E-state index >= 15 is 0 Å². The molecule has 0 saturated carbocycles. The summed E-state index contributed by atoms with van der Waals surface area (Å²) in [5, 5.41) is 5.83. The molecule has 2 N–H and O–H groups in total. The Morgan fingerprint density at radius 2 is 1.64 bits per heavy atom. The quantitative estimate of drug-likeness (QED) is 0.525. The molecule has 2 aromatic carbocycles. The zero-order valence-electron chi connectivity index (χ0n) is 16.6. The second-order valence-corrected chi connectivity index (χ2v) is 7.95. The van der Waals surface area contributed by atoms with Crippen LogP contribution in [-0.2, 0) is 6.54 Å². The van der Waals surface area contributed by atoms with Crippen molar-refractivity contribution in [3.63, 3.8) is 0 Å². The van der Waals surface area contributed by atoms with Crippen molar-refractivity contribution in [2.75, 3.05) is 50.8 Å². The van der Waals surface area contributed by atoms with Crippen LogP contribution < -0.4 is 10.6 Å². The molecule has 2 amide bonds. The first-order chi connectivity index (χ1) is 13.7. The molecule has 5 nitrogen and oxygen atoms in total. The molecule has 0 radical (unpaired) electrons. The topological polar surface area (TPSA) is 47.6 Å². The van der Waals surface area contributed by atoms with Crippen molar-refractivity contribution >= 4 is 23.5 Å². The number of nitrogens with zero attached hydrogens (tertiary/aromatic N) is 2. The van der Waals surface area contributed by atoms with Crippen molar-refractivity contribution in [3.05, 3.63) is 60.2 Å². The summed E-state index contributed by atoms with van der Waals surface area (Å²) in [4.78, 5) is 18.2. The summed E-state index contributed by atoms with van der Waals surface area (Å²) in [6.07, 6.45) is 3.01. The fourth-order valence-electron chi connectivity index (χ4n) is 3.37. The van der Waals surface area contributed by atoms with E-state index in [4.69, 9.17) is 0 Å². The van der Waals surface area contributed by atoms with Gasteiger partial charge in [-0.05, 0) is 49.1 Å². The fraction of sp³-hybridized carbons (Fsp3) is 0.409. The second kappa shape index (κ2) is 11.1. The van der Waals surface area contributed by atoms with Crippen LogP contribution in [0.3, 0.4) is 0 Å². The van der Waals surface area contributed by atoms with E-state index in [1.54, 1.807) is 11.8 Å². The normalized spacial score (nSPS) is 15.3. The van der Waals surface area contributed by atoms with Gasteiger partial charge in [-0.25, -0.2) is 4.79 Å². The highest BCUT2D eigenvalue weighted by Gasteiger charge is 2.16. The Kier molecular flexibility index (Phi) is 8.21. The number of benzene rings is 2. The van der Waals surface area contributed by atoms with E-state index in [1.165, 1.54) is 10.5 Å². The molecule has 3 rings (SSSR count). The van der Waals surface area contributed by atoms with E-state index in [-0.39, 0.29) is 6.03 Å². The van der Waals surface area contributed by atoms with Crippen molar-refractivity contribution in [1.29, 1.82) is 0 Å². The molecule has 0 atom stereocenters. The minimum Gasteiger partial charge on any atom is -0.338 e. The highest BCUT2D eigenvalue weighted by atomic mass is 32.2. The van der Waals surface area contributed by atoms with Gasteiger partial charge in [0.25, 0.3) is 0 Å². The number of urea groups is 1. The van der Waals surface area contributed by atoms with Crippen molar-refractivity contribution in [2.24, 2.45) is 0 Å². The molecule has 1 heterocycles. The number of hydrogen-bond donors (Lipinski definition) is 2. The predicted octanol–water partition coefficient (Wildman–Crippen LogP) is 3.74. The van der Waals surface area contributed by atoms with Gasteiger partial charge in [-0.15, -0.1) is 11.8 Å². The number of hydrogen-bond acceptors (Lipinski definition) is 4. The maximum absolute atomic E-state index is 12.0. The number of amides is 2. The molecule has 150 valence electrons. The van der Waals surface area contributed by atoms with Gasteiger partial charge in [0.1, 0.15) is 0 Å². The number of carbonyl (C=O) groups is 1. The Bertz CT molecular complexity index is 715. The van der Waals surface area contributed by atoms with Gasteiger partial charge in [-0.2, -0.15) is 0 Å². The van der Waals surface area contributed by atoms with E-state index in [2.05, 4.69) is 50.8 Å². The Morgan fingerprint density at radius 1 is 0.964 bits per heavy atom. The van der Waals surface area contributed by atoms with Gasteiger partial charge in [0.05, 0.1) is 0 Å². The molecule has 0 aromatic heterocycles. The number of piperazine rings is 1. The number of rotatable bonds is 8. The Morgan fingerprint density at radius 3 is 2.32 bits per heavy atom. The minimum absolute atomic E-state index is 0.135. The number of nitrogens with one attached hydrogen (secondary N) is 2. The van der Waals surface area contributed by atoms with E-state index in [1.807, 2.05) is 30.5 Å². The van der Waals surface area contributed by atoms with Gasteiger partial charge in [-0.3, -0.25) is 4.90 Å². The summed E-state index contributed by atoms with van der Waals surface area (Å²) in [5.74, 6) is 0. The molecule has 0 bridgehead atoms. The first-order valence-corrected chi connectivity index (χ1v) is 11.1. The summed E-state index contributed by atoms with van der Waals surface area (Å²) in [6.45, 7) is 7.17. The molecular weight excluding hydrogens is 368 g/mol. The summed E-state index contributed by atoms with van der Waals surface area (Å²) < 4.78 is 0. The van der Waals surface area contributed by atoms with Crippen LogP contribution >= 0.6 is 11.8 Å². The fourth-order valence-corrected chi connectivity index (χ4v) is 3.78. The van der Waals surface area contributed by atoms with Crippen molar-refractivity contribution in [2.45, 2.75) is 17.9 Å². The molecule has 0 aliphatic carbocycles. The molecule has 1 aliphatic heterocycles. The van der Waals surface area contributed by atoms with Gasteiger partial charge < -0.3 is 15.5 Å². The Balaban J connectivity index is 1.27. The number of carbonyl (C=O) groups excluding carboxylic acids is 1. The summed E-state index contributed by atoms with van der Waals surface area (Å²) in [5.41, 5.74) is 2.21. The van der Waals surface area contributed by atoms with Crippen LogP contribution in [-0.4, -0.2) is 61.4 Å². The van der Waals surface area contributed by atoms with Gasteiger partial charge in [0, 0.05) is 49.9 Å². The lowest BCUT2D eigenvalue weighted by Crippen LogP contribution is -2.46. The number of anilines is 1. The minimum atomic E-state index is -0.135. The van der Waals surface area contributed by atoms with Gasteiger partial charge >= 0.3 is 6.03 Å². The van der Waals surface area contributed by atoms with Crippen LogP contribution in [0.2, 0.25) is 0 Å². The average molecular weight is 399 g/mol.